The lowest BCUT2D eigenvalue weighted by molar-refractivity contribution is -0.318. The minimum absolute atomic E-state index is 0.0596. The van der Waals surface area contributed by atoms with Gasteiger partial charge in [0.05, 0.1) is 48.3 Å². The van der Waals surface area contributed by atoms with Crippen LogP contribution in [-0.4, -0.2) is 149 Å². The molecular formula is C37H67NO13. The van der Waals surface area contributed by atoms with E-state index in [0.29, 0.717) is 12.8 Å². The van der Waals surface area contributed by atoms with E-state index in [4.69, 9.17) is 28.4 Å². The molecule has 0 unspecified atom stereocenters. The number of carbonyl (C=O) groups is 2. The summed E-state index contributed by atoms with van der Waals surface area (Å²) in [6, 6.07) is -0.337. The number of likely N-dealkylation sites (N-methyl/N-ethyl adjacent to an activating group) is 1. The van der Waals surface area contributed by atoms with Gasteiger partial charge in [-0.3, -0.25) is 9.59 Å². The van der Waals surface area contributed by atoms with Crippen LogP contribution in [0, 0.1) is 29.6 Å². The first kappa shape index (κ1) is 44.1. The van der Waals surface area contributed by atoms with Gasteiger partial charge in [0, 0.05) is 43.2 Å². The van der Waals surface area contributed by atoms with Gasteiger partial charge in [0.25, 0.3) is 0 Å². The van der Waals surface area contributed by atoms with Crippen LogP contribution in [0.3, 0.4) is 0 Å². The summed E-state index contributed by atoms with van der Waals surface area (Å²) in [5.74, 6) is -5.57. The summed E-state index contributed by atoms with van der Waals surface area (Å²) in [6.07, 6.45) is -9.05. The number of cyclic esters (lactones) is 1. The third kappa shape index (κ3) is 9.88. The SMILES string of the molecule is CC[C@H]1OC(=O)[C@@H](CO)[C@@H](O[C@H]2C[C@@](C)(OC)[C@@H](O)[C@H](C)O2)[C@H](C)[C@@H](O[C@@H]2O[C@H](C)C[C@H](N(C)C)[C@H]2O)[C@](C)(O)C[C@@H](C)C(=O)[C@H](C)[C@@H](O)[C@H]1C. The Morgan fingerprint density at radius 2 is 1.55 bits per heavy atom. The second-order valence-corrected chi connectivity index (χ2v) is 16.2. The summed E-state index contributed by atoms with van der Waals surface area (Å²) >= 11 is 0. The third-order valence-electron chi connectivity index (χ3n) is 11.8. The molecule has 3 saturated heterocycles. The number of esters is 1. The number of hydrogen-bond acceptors (Lipinski definition) is 14. The Morgan fingerprint density at radius 3 is 2.10 bits per heavy atom. The number of ketones is 1. The van der Waals surface area contributed by atoms with Gasteiger partial charge in [-0.05, 0) is 61.1 Å². The molecule has 14 nitrogen and oxygen atoms in total. The zero-order valence-corrected chi connectivity index (χ0v) is 32.7. The van der Waals surface area contributed by atoms with Crippen LogP contribution in [0.4, 0.5) is 0 Å². The fraction of sp³-hybridized carbons (Fsp3) is 0.946. The standard InChI is InChI=1S/C37H67NO13/c1-13-26-20(4)29(41)21(5)28(40)18(2)15-36(8,45)33(51-35-30(42)25(38(10)11)14-19(3)47-35)22(6)31(24(17-39)34(44)49-26)50-27-16-37(9,46-12)32(43)23(7)48-27/h18-27,29-33,35,39,41-43,45H,13-17H2,1-12H3/t18-,19-,20+,21+,22+,23+,24+,25+,26-,27+,29+,30-,31+,32+,33-,35+,36-,37-/m1/s1. The van der Waals surface area contributed by atoms with Crippen LogP contribution in [-0.2, 0) is 38.0 Å². The number of hydrogen-bond donors (Lipinski definition) is 5. The molecule has 0 aromatic heterocycles. The molecule has 14 heteroatoms. The Balaban J connectivity index is 2.19. The van der Waals surface area contributed by atoms with Crippen LogP contribution >= 0.6 is 0 Å². The molecule has 51 heavy (non-hydrogen) atoms. The van der Waals surface area contributed by atoms with Gasteiger partial charge in [0.1, 0.15) is 30.0 Å². The quantitative estimate of drug-likeness (QED) is 0.226. The van der Waals surface area contributed by atoms with Crippen molar-refractivity contribution >= 4 is 11.8 Å². The second-order valence-electron chi connectivity index (χ2n) is 16.2. The number of aliphatic hydroxyl groups is 5. The van der Waals surface area contributed by atoms with Gasteiger partial charge in [-0.25, -0.2) is 0 Å². The molecule has 0 aliphatic carbocycles. The molecule has 3 rings (SSSR count). The molecule has 0 saturated carbocycles. The fourth-order valence-electron chi connectivity index (χ4n) is 8.40. The molecule has 3 fully saturated rings. The molecule has 298 valence electrons. The van der Waals surface area contributed by atoms with E-state index in [9.17, 15) is 35.1 Å². The molecule has 0 aromatic carbocycles. The van der Waals surface area contributed by atoms with Crippen molar-refractivity contribution < 1.29 is 63.5 Å². The Hall–Kier alpha value is -1.30. The maximum atomic E-state index is 14.1. The monoisotopic (exact) mass is 733 g/mol. The molecule has 0 spiro atoms. The van der Waals surface area contributed by atoms with Gasteiger partial charge in [-0.1, -0.05) is 34.6 Å². The summed E-state index contributed by atoms with van der Waals surface area (Å²) in [7, 11) is 5.15. The molecule has 0 aromatic rings. The van der Waals surface area contributed by atoms with E-state index < -0.39 is 109 Å². The summed E-state index contributed by atoms with van der Waals surface area (Å²) in [5.41, 5.74) is -2.88. The van der Waals surface area contributed by atoms with Crippen LogP contribution in [0.1, 0.15) is 88.0 Å². The highest BCUT2D eigenvalue weighted by molar-refractivity contribution is 5.83. The number of nitrogens with zero attached hydrogens (tertiary/aromatic N) is 1. The molecular weight excluding hydrogens is 666 g/mol. The van der Waals surface area contributed by atoms with E-state index in [1.807, 2.05) is 25.9 Å². The van der Waals surface area contributed by atoms with Crippen molar-refractivity contribution in [3.63, 3.8) is 0 Å². The van der Waals surface area contributed by atoms with E-state index in [1.165, 1.54) is 14.0 Å². The van der Waals surface area contributed by atoms with Crippen LogP contribution in [0.15, 0.2) is 0 Å². The Morgan fingerprint density at radius 1 is 0.922 bits per heavy atom. The van der Waals surface area contributed by atoms with Crippen molar-refractivity contribution in [1.82, 2.24) is 4.90 Å². The highest BCUT2D eigenvalue weighted by Gasteiger charge is 2.53. The molecule has 0 amide bonds. The van der Waals surface area contributed by atoms with Crippen LogP contribution < -0.4 is 0 Å². The Bertz CT molecular complexity index is 1140. The topological polar surface area (TPSA) is 194 Å². The van der Waals surface area contributed by atoms with E-state index in [0.717, 1.165) is 0 Å². The van der Waals surface area contributed by atoms with E-state index in [-0.39, 0.29) is 30.8 Å². The van der Waals surface area contributed by atoms with Crippen molar-refractivity contribution in [1.29, 1.82) is 0 Å². The van der Waals surface area contributed by atoms with Crippen molar-refractivity contribution in [3.05, 3.63) is 0 Å². The van der Waals surface area contributed by atoms with Crippen molar-refractivity contribution in [3.8, 4) is 0 Å². The first-order chi connectivity index (χ1) is 23.6. The number of methoxy groups -OCH3 is 1. The van der Waals surface area contributed by atoms with E-state index in [2.05, 4.69) is 0 Å². The van der Waals surface area contributed by atoms with Gasteiger partial charge in [0.2, 0.25) is 0 Å². The number of carbonyl (C=O) groups excluding carboxylic acids is 2. The van der Waals surface area contributed by atoms with Crippen molar-refractivity contribution in [2.75, 3.05) is 27.8 Å². The van der Waals surface area contributed by atoms with Gasteiger partial charge in [0.15, 0.2) is 12.6 Å². The normalized spacial score (nSPS) is 48.3. The lowest BCUT2D eigenvalue weighted by Gasteiger charge is -2.49. The van der Waals surface area contributed by atoms with Gasteiger partial charge in [-0.15, -0.1) is 0 Å². The zero-order valence-electron chi connectivity index (χ0n) is 32.7. The molecule has 0 bridgehead atoms. The fourth-order valence-corrected chi connectivity index (χ4v) is 8.40. The summed E-state index contributed by atoms with van der Waals surface area (Å²) in [6.45, 7) is 14.6. The molecule has 3 aliphatic heterocycles. The predicted octanol–water partition coefficient (Wildman–Crippen LogP) is 1.64. The Labute approximate surface area is 304 Å². The van der Waals surface area contributed by atoms with Crippen LogP contribution in [0.2, 0.25) is 0 Å². The number of aliphatic hydroxyl groups excluding tert-OH is 4. The van der Waals surface area contributed by atoms with E-state index in [1.54, 1.807) is 48.5 Å². The third-order valence-corrected chi connectivity index (χ3v) is 11.8. The average Bonchev–Trinajstić information content (AvgIpc) is 3.06. The zero-order chi connectivity index (χ0) is 38.7. The number of rotatable bonds is 8. The van der Waals surface area contributed by atoms with Crippen LogP contribution in [0.5, 0.6) is 0 Å². The molecule has 0 radical (unpaired) electrons. The Kier molecular flexibility index (Phi) is 15.5. The van der Waals surface area contributed by atoms with Crippen LogP contribution in [0.25, 0.3) is 0 Å². The molecule has 3 aliphatic rings. The first-order valence-electron chi connectivity index (χ1n) is 18.6. The average molecular weight is 734 g/mol. The highest BCUT2D eigenvalue weighted by atomic mass is 16.7. The van der Waals surface area contributed by atoms with E-state index >= 15 is 0 Å². The maximum Gasteiger partial charge on any atom is 0.314 e. The number of Topliss-reactive ketones (excluding diaryl/α,β-unsaturated/α-hetero) is 1. The summed E-state index contributed by atoms with van der Waals surface area (Å²) in [4.78, 5) is 29.8. The smallest absolute Gasteiger partial charge is 0.314 e. The molecule has 18 atom stereocenters. The van der Waals surface area contributed by atoms with Crippen molar-refractivity contribution in [2.45, 2.75) is 167 Å². The number of ether oxygens (including phenoxy) is 6. The van der Waals surface area contributed by atoms with Crippen molar-refractivity contribution in [2.24, 2.45) is 29.6 Å². The summed E-state index contributed by atoms with van der Waals surface area (Å²) in [5, 5.41) is 56.9. The first-order valence-corrected chi connectivity index (χ1v) is 18.6. The minimum Gasteiger partial charge on any atom is -0.462 e. The minimum atomic E-state index is -1.80. The second kappa shape index (κ2) is 17.9. The summed E-state index contributed by atoms with van der Waals surface area (Å²) < 4.78 is 37.1. The van der Waals surface area contributed by atoms with Gasteiger partial charge < -0.3 is 58.9 Å². The molecule has 3 heterocycles. The lowest BCUT2D eigenvalue weighted by atomic mass is 9.74. The highest BCUT2D eigenvalue weighted by Crippen LogP contribution is 2.40. The largest absolute Gasteiger partial charge is 0.462 e. The maximum absolute atomic E-state index is 14.1. The molecule has 5 N–H and O–H groups in total. The van der Waals surface area contributed by atoms with Gasteiger partial charge >= 0.3 is 5.97 Å². The lowest BCUT2D eigenvalue weighted by Crippen LogP contribution is -2.61. The predicted molar refractivity (Wildman–Crippen MR) is 186 cm³/mol. The van der Waals surface area contributed by atoms with Gasteiger partial charge in [-0.2, -0.15) is 0 Å².